The van der Waals surface area contributed by atoms with Crippen molar-refractivity contribution >= 4 is 29.6 Å². The fourth-order valence-corrected chi connectivity index (χ4v) is 2.73. The van der Waals surface area contributed by atoms with Crippen LogP contribution < -0.4 is 15.4 Å². The second-order valence-electron chi connectivity index (χ2n) is 5.99. The second kappa shape index (κ2) is 9.98. The average molecular weight is 411 g/mol. The van der Waals surface area contributed by atoms with Crippen LogP contribution in [0.3, 0.4) is 0 Å². The highest BCUT2D eigenvalue weighted by Crippen LogP contribution is 2.19. The third kappa shape index (κ3) is 5.63. The van der Waals surface area contributed by atoms with Crippen LogP contribution in [0.15, 0.2) is 35.5 Å². The van der Waals surface area contributed by atoms with Crippen LogP contribution in [0, 0.1) is 0 Å². The van der Waals surface area contributed by atoms with Gasteiger partial charge in [0.15, 0.2) is 6.10 Å². The van der Waals surface area contributed by atoms with Crippen LogP contribution >= 0.6 is 11.6 Å². The number of nitrogens with one attached hydrogen (secondary N) is 2. The van der Waals surface area contributed by atoms with Gasteiger partial charge < -0.3 is 24.8 Å². The summed E-state index contributed by atoms with van der Waals surface area (Å²) >= 11 is 5.81. The number of carbonyl (C=O) groups is 3. The van der Waals surface area contributed by atoms with Gasteiger partial charge in [0.05, 0.1) is 23.9 Å². The highest BCUT2D eigenvalue weighted by Gasteiger charge is 2.32. The molecule has 0 spiro atoms. The van der Waals surface area contributed by atoms with Gasteiger partial charge in [-0.2, -0.15) is 0 Å². The summed E-state index contributed by atoms with van der Waals surface area (Å²) in [5.41, 5.74) is 0.434. The number of rotatable bonds is 8. The molecule has 0 radical (unpaired) electrons. The van der Waals surface area contributed by atoms with E-state index in [9.17, 15) is 14.4 Å². The first-order valence-electron chi connectivity index (χ1n) is 8.92. The van der Waals surface area contributed by atoms with E-state index >= 15 is 0 Å². The van der Waals surface area contributed by atoms with Gasteiger partial charge in [0.2, 0.25) is 0 Å². The summed E-state index contributed by atoms with van der Waals surface area (Å²) in [7, 11) is 0. The number of halogens is 1. The molecule has 0 saturated carbocycles. The summed E-state index contributed by atoms with van der Waals surface area (Å²) in [6.45, 7) is 4.94. The molecule has 1 aromatic rings. The highest BCUT2D eigenvalue weighted by molar-refractivity contribution is 6.30. The zero-order chi connectivity index (χ0) is 20.7. The highest BCUT2D eigenvalue weighted by atomic mass is 35.5. The Bertz CT molecular complexity index is 762. The first-order valence-corrected chi connectivity index (χ1v) is 9.30. The number of urea groups is 1. The molecule has 0 fully saturated rings. The summed E-state index contributed by atoms with van der Waals surface area (Å²) < 4.78 is 15.8. The van der Waals surface area contributed by atoms with Gasteiger partial charge in [-0.25, -0.2) is 14.4 Å². The number of amides is 2. The molecule has 0 bridgehead atoms. The fraction of sp³-hybridized carbons (Fsp3) is 0.421. The monoisotopic (exact) mass is 410 g/mol. The van der Waals surface area contributed by atoms with Crippen molar-refractivity contribution in [3.63, 3.8) is 0 Å². The van der Waals surface area contributed by atoms with Crippen molar-refractivity contribution in [3.8, 4) is 5.75 Å². The van der Waals surface area contributed by atoms with Crippen LogP contribution in [0.4, 0.5) is 4.79 Å². The van der Waals surface area contributed by atoms with Crippen LogP contribution in [0.5, 0.6) is 5.75 Å². The standard InChI is InChI=1S/C19H23ClN2O6/c1-4-14-16(18(24)26-5-2)15(22-19(25)21-14)10-27-17(23)11(3)28-13-8-6-12(20)7-9-13/h6-9,11,14H,4-5,10H2,1-3H3,(H2,21,22,25)/t11-,14+/m0/s1. The first-order chi connectivity index (χ1) is 13.3. The maximum atomic E-state index is 12.3. The predicted molar refractivity (Wildman–Crippen MR) is 102 cm³/mol. The minimum Gasteiger partial charge on any atom is -0.479 e. The van der Waals surface area contributed by atoms with E-state index in [1.165, 1.54) is 6.92 Å². The van der Waals surface area contributed by atoms with Crippen LogP contribution in [0.25, 0.3) is 0 Å². The molecule has 1 aliphatic heterocycles. The number of hydrogen-bond donors (Lipinski definition) is 2. The molecule has 8 nitrogen and oxygen atoms in total. The molecule has 1 aromatic carbocycles. The van der Waals surface area contributed by atoms with Crippen LogP contribution in [0.1, 0.15) is 27.2 Å². The second-order valence-corrected chi connectivity index (χ2v) is 6.43. The van der Waals surface area contributed by atoms with Gasteiger partial charge >= 0.3 is 18.0 Å². The van der Waals surface area contributed by atoms with Crippen molar-refractivity contribution in [1.82, 2.24) is 10.6 Å². The zero-order valence-electron chi connectivity index (χ0n) is 15.9. The lowest BCUT2D eigenvalue weighted by Gasteiger charge is -2.28. The van der Waals surface area contributed by atoms with E-state index in [4.69, 9.17) is 25.8 Å². The molecule has 0 aliphatic carbocycles. The molecule has 1 aliphatic rings. The van der Waals surface area contributed by atoms with E-state index in [0.717, 1.165) is 0 Å². The van der Waals surface area contributed by atoms with Crippen molar-refractivity contribution in [1.29, 1.82) is 0 Å². The summed E-state index contributed by atoms with van der Waals surface area (Å²) in [5.74, 6) is -0.758. The van der Waals surface area contributed by atoms with E-state index in [0.29, 0.717) is 17.2 Å². The Morgan fingerprint density at radius 1 is 1.18 bits per heavy atom. The molecule has 2 rings (SSSR count). The third-order valence-corrected chi connectivity index (χ3v) is 4.22. The largest absolute Gasteiger partial charge is 0.479 e. The molecule has 2 atom stereocenters. The normalized spacial score (nSPS) is 17.3. The summed E-state index contributed by atoms with van der Waals surface area (Å²) in [4.78, 5) is 36.4. The Kier molecular flexibility index (Phi) is 7.69. The fourth-order valence-electron chi connectivity index (χ4n) is 2.60. The predicted octanol–water partition coefficient (Wildman–Crippen LogP) is 2.56. The number of carbonyl (C=O) groups excluding carboxylic acids is 3. The van der Waals surface area contributed by atoms with Crippen LogP contribution in [0.2, 0.25) is 5.02 Å². The van der Waals surface area contributed by atoms with Gasteiger partial charge in [0, 0.05) is 5.02 Å². The Balaban J connectivity index is 2.07. The smallest absolute Gasteiger partial charge is 0.347 e. The van der Waals surface area contributed by atoms with Gasteiger partial charge in [-0.1, -0.05) is 18.5 Å². The van der Waals surface area contributed by atoms with Gasteiger partial charge in [-0.15, -0.1) is 0 Å². The molecular weight excluding hydrogens is 388 g/mol. The average Bonchev–Trinajstić information content (AvgIpc) is 2.67. The molecule has 28 heavy (non-hydrogen) atoms. The molecule has 0 saturated heterocycles. The zero-order valence-corrected chi connectivity index (χ0v) is 16.7. The lowest BCUT2D eigenvalue weighted by Crippen LogP contribution is -2.51. The molecule has 0 aromatic heterocycles. The van der Waals surface area contributed by atoms with Gasteiger partial charge in [0.25, 0.3) is 0 Å². The minimum absolute atomic E-state index is 0.186. The van der Waals surface area contributed by atoms with E-state index in [1.807, 2.05) is 6.92 Å². The molecule has 2 amide bonds. The molecule has 1 heterocycles. The lowest BCUT2D eigenvalue weighted by atomic mass is 10.0. The molecule has 2 N–H and O–H groups in total. The summed E-state index contributed by atoms with van der Waals surface area (Å²) in [6.07, 6.45) is -0.415. The SMILES string of the molecule is CCOC(=O)C1=C(COC(=O)[C@H](C)Oc2ccc(Cl)cc2)NC(=O)N[C@@H]1CC. The van der Waals surface area contributed by atoms with Crippen LogP contribution in [-0.4, -0.2) is 43.3 Å². The van der Waals surface area contributed by atoms with Crippen LogP contribution in [-0.2, 0) is 19.1 Å². The molecule has 152 valence electrons. The summed E-state index contributed by atoms with van der Waals surface area (Å²) in [6, 6.07) is 5.54. The molecular formula is C19H23ClN2O6. The maximum absolute atomic E-state index is 12.3. The van der Waals surface area contributed by atoms with Gasteiger partial charge in [-0.05, 0) is 44.5 Å². The number of esters is 2. The van der Waals surface area contributed by atoms with Crippen molar-refractivity contribution in [2.75, 3.05) is 13.2 Å². The number of benzene rings is 1. The Labute approximate surface area is 168 Å². The van der Waals surface area contributed by atoms with E-state index in [2.05, 4.69) is 10.6 Å². The van der Waals surface area contributed by atoms with E-state index in [1.54, 1.807) is 31.2 Å². The third-order valence-electron chi connectivity index (χ3n) is 3.96. The van der Waals surface area contributed by atoms with Crippen molar-refractivity contribution < 1.29 is 28.6 Å². The Hall–Kier alpha value is -2.74. The van der Waals surface area contributed by atoms with Crippen molar-refractivity contribution in [3.05, 3.63) is 40.6 Å². The summed E-state index contributed by atoms with van der Waals surface area (Å²) in [5, 5.41) is 5.71. The lowest BCUT2D eigenvalue weighted by molar-refractivity contribution is -0.150. The van der Waals surface area contributed by atoms with Gasteiger partial charge in [0.1, 0.15) is 12.4 Å². The van der Waals surface area contributed by atoms with E-state index < -0.39 is 30.1 Å². The maximum Gasteiger partial charge on any atom is 0.347 e. The first kappa shape index (κ1) is 21.6. The topological polar surface area (TPSA) is 103 Å². The van der Waals surface area contributed by atoms with Crippen molar-refractivity contribution in [2.24, 2.45) is 0 Å². The molecule has 0 unspecified atom stereocenters. The number of hydrogen-bond acceptors (Lipinski definition) is 6. The minimum atomic E-state index is -0.896. The molecule has 9 heteroatoms. The Morgan fingerprint density at radius 3 is 2.46 bits per heavy atom. The quantitative estimate of drug-likeness (QED) is 0.638. The van der Waals surface area contributed by atoms with Gasteiger partial charge in [-0.3, -0.25) is 0 Å². The van der Waals surface area contributed by atoms with Crippen molar-refractivity contribution in [2.45, 2.75) is 39.3 Å². The number of ether oxygens (including phenoxy) is 3. The Morgan fingerprint density at radius 2 is 1.86 bits per heavy atom. The van der Waals surface area contributed by atoms with E-state index in [-0.39, 0.29) is 24.5 Å².